The molecule has 5 heteroatoms. The number of amides is 2. The first-order chi connectivity index (χ1) is 18.1. The van der Waals surface area contributed by atoms with E-state index in [4.69, 9.17) is 0 Å². The van der Waals surface area contributed by atoms with Crippen molar-refractivity contribution in [1.29, 1.82) is 0 Å². The largest absolute Gasteiger partial charge is 0.352 e. The lowest BCUT2D eigenvalue weighted by Crippen LogP contribution is -2.33. The summed E-state index contributed by atoms with van der Waals surface area (Å²) in [6.07, 6.45) is 10.0. The smallest absolute Gasteiger partial charge is 0.265 e. The zero-order valence-corrected chi connectivity index (χ0v) is 22.0. The van der Waals surface area contributed by atoms with Gasteiger partial charge in [-0.25, -0.2) is 0 Å². The van der Waals surface area contributed by atoms with Gasteiger partial charge < -0.3 is 10.2 Å². The summed E-state index contributed by atoms with van der Waals surface area (Å²) in [6.45, 7) is 3.25. The minimum atomic E-state index is -0.0583. The quantitative estimate of drug-likeness (QED) is 0.269. The summed E-state index contributed by atoms with van der Waals surface area (Å²) in [4.78, 5) is 29.8. The number of para-hydroxylation sites is 1. The molecule has 5 rings (SSSR count). The molecule has 0 aromatic heterocycles. The number of allylic oxidation sites excluding steroid dienone is 1. The van der Waals surface area contributed by atoms with Crippen LogP contribution in [0.2, 0.25) is 0 Å². The fourth-order valence-electron chi connectivity index (χ4n) is 4.86. The molecule has 0 saturated carbocycles. The molecule has 1 heterocycles. The summed E-state index contributed by atoms with van der Waals surface area (Å²) in [5, 5.41) is 3.04. The Balaban J connectivity index is 1.29. The van der Waals surface area contributed by atoms with Crippen LogP contribution in [-0.4, -0.2) is 18.4 Å². The third-order valence-corrected chi connectivity index (χ3v) is 7.92. The first-order valence-corrected chi connectivity index (χ1v) is 13.8. The van der Waals surface area contributed by atoms with Crippen molar-refractivity contribution in [2.24, 2.45) is 0 Å². The number of fused-ring (bicyclic) bond motifs is 1. The van der Waals surface area contributed by atoms with E-state index in [1.807, 2.05) is 59.5 Å². The molecule has 1 aliphatic heterocycles. The molecule has 3 aromatic carbocycles. The summed E-state index contributed by atoms with van der Waals surface area (Å²) in [6, 6.07) is 23.8. The van der Waals surface area contributed by atoms with Crippen molar-refractivity contribution in [2.75, 3.05) is 11.4 Å². The molecular weight excluding hydrogens is 476 g/mol. The van der Waals surface area contributed by atoms with Crippen molar-refractivity contribution >= 4 is 35.3 Å². The topological polar surface area (TPSA) is 49.4 Å². The van der Waals surface area contributed by atoms with Crippen molar-refractivity contribution in [3.63, 3.8) is 0 Å². The molecule has 1 N–H and O–H groups in total. The molecular formula is C32H32N2O2S. The van der Waals surface area contributed by atoms with E-state index >= 15 is 0 Å². The average molecular weight is 509 g/mol. The van der Waals surface area contributed by atoms with Crippen LogP contribution in [0.4, 0.5) is 5.69 Å². The normalized spacial score (nSPS) is 16.4. The van der Waals surface area contributed by atoms with Crippen LogP contribution in [0.1, 0.15) is 59.2 Å². The second-order valence-corrected chi connectivity index (χ2v) is 10.8. The van der Waals surface area contributed by atoms with Crippen LogP contribution >= 0.6 is 11.8 Å². The van der Waals surface area contributed by atoms with E-state index in [9.17, 15) is 9.59 Å². The van der Waals surface area contributed by atoms with Gasteiger partial charge in [0.05, 0.1) is 17.1 Å². The minimum absolute atomic E-state index is 0.0101. The van der Waals surface area contributed by atoms with Gasteiger partial charge in [0, 0.05) is 17.0 Å². The lowest BCUT2D eigenvalue weighted by atomic mass is 9.97. The maximum atomic E-state index is 13.6. The molecule has 3 aromatic rings. The molecule has 0 fully saturated rings. The molecule has 0 unspecified atom stereocenters. The van der Waals surface area contributed by atoms with Crippen LogP contribution in [0, 0.1) is 6.92 Å². The van der Waals surface area contributed by atoms with Crippen LogP contribution in [0.25, 0.3) is 6.08 Å². The van der Waals surface area contributed by atoms with E-state index in [0.717, 1.165) is 41.0 Å². The van der Waals surface area contributed by atoms with Crippen molar-refractivity contribution in [1.82, 2.24) is 5.32 Å². The molecule has 0 bridgehead atoms. The highest BCUT2D eigenvalue weighted by atomic mass is 32.2. The molecule has 0 saturated heterocycles. The van der Waals surface area contributed by atoms with Gasteiger partial charge in [0.15, 0.2) is 0 Å². The Morgan fingerprint density at radius 3 is 2.65 bits per heavy atom. The fourth-order valence-corrected chi connectivity index (χ4v) is 5.92. The number of carbonyl (C=O) groups is 2. The zero-order valence-electron chi connectivity index (χ0n) is 21.2. The van der Waals surface area contributed by atoms with Gasteiger partial charge in [-0.3, -0.25) is 9.59 Å². The Bertz CT molecular complexity index is 1360. The van der Waals surface area contributed by atoms with Gasteiger partial charge in [-0.1, -0.05) is 77.5 Å². The molecule has 188 valence electrons. The highest BCUT2D eigenvalue weighted by Crippen LogP contribution is 2.42. The second kappa shape index (κ2) is 11.7. The van der Waals surface area contributed by atoms with Crippen LogP contribution < -0.4 is 10.2 Å². The van der Waals surface area contributed by atoms with Crippen molar-refractivity contribution < 1.29 is 9.59 Å². The summed E-state index contributed by atoms with van der Waals surface area (Å²) < 4.78 is 0. The Hall–Kier alpha value is -3.57. The molecule has 2 aliphatic rings. The lowest BCUT2D eigenvalue weighted by molar-refractivity contribution is -0.114. The number of nitrogens with zero attached hydrogens (tertiary/aromatic N) is 1. The number of carbonyl (C=O) groups excluding carboxylic acids is 2. The van der Waals surface area contributed by atoms with Crippen LogP contribution in [0.5, 0.6) is 0 Å². The van der Waals surface area contributed by atoms with E-state index < -0.39 is 0 Å². The maximum Gasteiger partial charge on any atom is 0.265 e. The number of aryl methyl sites for hydroxylation is 1. The van der Waals surface area contributed by atoms with Gasteiger partial charge in [0.2, 0.25) is 0 Å². The van der Waals surface area contributed by atoms with Gasteiger partial charge in [0.1, 0.15) is 0 Å². The van der Waals surface area contributed by atoms with Crippen molar-refractivity contribution in [3.05, 3.63) is 112 Å². The van der Waals surface area contributed by atoms with Gasteiger partial charge >= 0.3 is 0 Å². The number of benzene rings is 3. The molecule has 4 nitrogen and oxygen atoms in total. The molecule has 0 radical (unpaired) electrons. The standard InChI is InChI=1S/C32H32N2O2S/c1-23-8-7-11-26(20-23)22-34-28-12-5-6-13-29(28)37-30(32(34)36)21-25-14-16-27(17-15-25)31(35)33-19-18-24-9-3-2-4-10-24/h5-9,11-17,20-21H,2-4,10,18-19,22H2,1H3,(H,33,35)/b30-21+. The van der Waals surface area contributed by atoms with Gasteiger partial charge in [-0.2, -0.15) is 0 Å². The first kappa shape index (κ1) is 25.1. The number of nitrogens with one attached hydrogen (secondary N) is 1. The molecule has 37 heavy (non-hydrogen) atoms. The van der Waals surface area contributed by atoms with E-state index in [2.05, 4.69) is 42.6 Å². The number of thioether (sulfide) groups is 1. The van der Waals surface area contributed by atoms with Gasteiger partial charge in [-0.15, -0.1) is 0 Å². The van der Waals surface area contributed by atoms with E-state index in [1.165, 1.54) is 35.7 Å². The number of hydrogen-bond acceptors (Lipinski definition) is 3. The molecule has 0 atom stereocenters. The summed E-state index contributed by atoms with van der Waals surface area (Å²) in [5.41, 5.74) is 6.21. The van der Waals surface area contributed by atoms with E-state index in [-0.39, 0.29) is 11.8 Å². The SMILES string of the molecule is Cc1cccc(CN2C(=O)/C(=C\c3ccc(C(=O)NCCC4=CCCCC4)cc3)Sc3ccccc32)c1. The predicted octanol–water partition coefficient (Wildman–Crippen LogP) is 7.30. The molecule has 2 amide bonds. The summed E-state index contributed by atoms with van der Waals surface area (Å²) in [7, 11) is 0. The number of rotatable bonds is 7. The highest BCUT2D eigenvalue weighted by molar-refractivity contribution is 8.04. The van der Waals surface area contributed by atoms with Crippen LogP contribution in [0.15, 0.2) is 94.2 Å². The Kier molecular flexibility index (Phi) is 7.90. The monoisotopic (exact) mass is 508 g/mol. The Morgan fingerprint density at radius 1 is 1.03 bits per heavy atom. The third kappa shape index (κ3) is 6.23. The van der Waals surface area contributed by atoms with Crippen LogP contribution in [-0.2, 0) is 11.3 Å². The summed E-state index contributed by atoms with van der Waals surface area (Å²) in [5.74, 6) is -0.0685. The van der Waals surface area contributed by atoms with E-state index in [1.54, 1.807) is 0 Å². The Labute approximate surface area is 223 Å². The molecule has 0 spiro atoms. The van der Waals surface area contributed by atoms with Crippen LogP contribution in [0.3, 0.4) is 0 Å². The first-order valence-electron chi connectivity index (χ1n) is 13.0. The van der Waals surface area contributed by atoms with Crippen molar-refractivity contribution in [2.45, 2.75) is 50.5 Å². The average Bonchev–Trinajstić information content (AvgIpc) is 2.92. The zero-order chi connectivity index (χ0) is 25.6. The highest BCUT2D eigenvalue weighted by Gasteiger charge is 2.29. The molecule has 1 aliphatic carbocycles. The Morgan fingerprint density at radius 2 is 1.86 bits per heavy atom. The predicted molar refractivity (Wildman–Crippen MR) is 153 cm³/mol. The van der Waals surface area contributed by atoms with Gasteiger partial charge in [-0.05, 0) is 80.5 Å². The number of anilines is 1. The van der Waals surface area contributed by atoms with Gasteiger partial charge in [0.25, 0.3) is 11.8 Å². The summed E-state index contributed by atoms with van der Waals surface area (Å²) >= 11 is 1.50. The maximum absolute atomic E-state index is 13.6. The lowest BCUT2D eigenvalue weighted by Gasteiger charge is -2.30. The van der Waals surface area contributed by atoms with E-state index in [0.29, 0.717) is 23.6 Å². The minimum Gasteiger partial charge on any atom is -0.352 e. The second-order valence-electron chi connectivity index (χ2n) is 9.69. The third-order valence-electron chi connectivity index (χ3n) is 6.84. The number of hydrogen-bond donors (Lipinski definition) is 1. The van der Waals surface area contributed by atoms with Crippen molar-refractivity contribution in [3.8, 4) is 0 Å². The fraction of sp³-hybridized carbons (Fsp3) is 0.250.